The van der Waals surface area contributed by atoms with E-state index in [1.165, 1.54) is 12.1 Å². The van der Waals surface area contributed by atoms with E-state index in [-0.39, 0.29) is 22.8 Å². The molecule has 0 spiro atoms. The number of aromatic hydroxyl groups is 2. The van der Waals surface area contributed by atoms with Gasteiger partial charge in [-0.25, -0.2) is 0 Å². The van der Waals surface area contributed by atoms with Crippen LogP contribution in [0.2, 0.25) is 0 Å². The van der Waals surface area contributed by atoms with Gasteiger partial charge in [0.25, 0.3) is 0 Å². The highest BCUT2D eigenvalue weighted by Gasteiger charge is 2.26. The highest BCUT2D eigenvalue weighted by atomic mass is 16.3. The number of hydrogen-bond acceptors (Lipinski definition) is 3. The highest BCUT2D eigenvalue weighted by Crippen LogP contribution is 2.33. The lowest BCUT2D eigenvalue weighted by Gasteiger charge is -2.18. The van der Waals surface area contributed by atoms with Gasteiger partial charge in [-0.15, -0.1) is 0 Å². The second-order valence-corrected chi connectivity index (χ2v) is 4.68. The first-order valence-electron chi connectivity index (χ1n) is 4.81. The molecule has 0 bridgehead atoms. The van der Waals surface area contributed by atoms with E-state index in [1.54, 1.807) is 27.7 Å². The second-order valence-electron chi connectivity index (χ2n) is 4.68. The Morgan fingerprint density at radius 1 is 1.20 bits per heavy atom. The molecule has 0 heterocycles. The Bertz CT molecular complexity index is 400. The molecule has 1 rings (SSSR count). The Balaban J connectivity index is 3.29. The van der Waals surface area contributed by atoms with Crippen molar-refractivity contribution in [2.75, 3.05) is 0 Å². The second kappa shape index (κ2) is 3.57. The zero-order chi connectivity index (χ0) is 11.8. The van der Waals surface area contributed by atoms with Gasteiger partial charge in [0, 0.05) is 11.0 Å². The van der Waals surface area contributed by atoms with Crippen LogP contribution in [0.5, 0.6) is 11.5 Å². The van der Waals surface area contributed by atoms with Gasteiger partial charge in [-0.3, -0.25) is 4.79 Å². The number of phenolic OH excluding ortho intramolecular Hbond substituents is 2. The molecule has 0 atom stereocenters. The fourth-order valence-electron chi connectivity index (χ4n) is 1.28. The number of Topliss-reactive ketones (excluding diaryl/α,β-unsaturated/α-hetero) is 1. The van der Waals surface area contributed by atoms with E-state index in [2.05, 4.69) is 0 Å². The summed E-state index contributed by atoms with van der Waals surface area (Å²) in [7, 11) is 0. The number of carbonyl (C=O) groups excluding carboxylic acids is 1. The van der Waals surface area contributed by atoms with Crippen LogP contribution in [0.3, 0.4) is 0 Å². The van der Waals surface area contributed by atoms with Crippen LogP contribution in [0, 0.1) is 12.3 Å². The molecule has 0 unspecified atom stereocenters. The average Bonchev–Trinajstić information content (AvgIpc) is 2.12. The molecule has 0 aliphatic rings. The molecule has 3 nitrogen and oxygen atoms in total. The Morgan fingerprint density at radius 2 is 1.73 bits per heavy atom. The molecule has 82 valence electrons. The van der Waals surface area contributed by atoms with Crippen molar-refractivity contribution in [1.29, 1.82) is 0 Å². The summed E-state index contributed by atoms with van der Waals surface area (Å²) in [6.45, 7) is 6.94. The average molecular weight is 208 g/mol. The van der Waals surface area contributed by atoms with E-state index in [0.29, 0.717) is 5.56 Å². The third-order valence-corrected chi connectivity index (χ3v) is 2.33. The lowest BCUT2D eigenvalue weighted by atomic mass is 9.85. The molecule has 15 heavy (non-hydrogen) atoms. The molecule has 3 heteroatoms. The summed E-state index contributed by atoms with van der Waals surface area (Å²) in [5.41, 5.74) is 0.0591. The smallest absolute Gasteiger partial charge is 0.171 e. The normalized spacial score (nSPS) is 11.5. The number of rotatable bonds is 1. The van der Waals surface area contributed by atoms with E-state index < -0.39 is 5.41 Å². The number of benzene rings is 1. The molecular weight excluding hydrogens is 192 g/mol. The number of hydrogen-bond donors (Lipinski definition) is 2. The van der Waals surface area contributed by atoms with Crippen LogP contribution in [-0.2, 0) is 0 Å². The fourth-order valence-corrected chi connectivity index (χ4v) is 1.28. The maximum atomic E-state index is 11.9. The molecule has 0 saturated carbocycles. The zero-order valence-corrected chi connectivity index (χ0v) is 9.46. The Hall–Kier alpha value is -1.51. The maximum Gasteiger partial charge on any atom is 0.171 e. The van der Waals surface area contributed by atoms with Gasteiger partial charge in [0.15, 0.2) is 5.78 Å². The van der Waals surface area contributed by atoms with Gasteiger partial charge >= 0.3 is 0 Å². The molecule has 0 aliphatic heterocycles. The molecule has 0 saturated heterocycles. The van der Waals surface area contributed by atoms with E-state index in [0.717, 1.165) is 0 Å². The predicted molar refractivity (Wildman–Crippen MR) is 58.3 cm³/mol. The minimum atomic E-state index is -0.541. The van der Waals surface area contributed by atoms with Gasteiger partial charge in [0.1, 0.15) is 11.5 Å². The Kier molecular flexibility index (Phi) is 2.75. The molecular formula is C12H16O3. The van der Waals surface area contributed by atoms with Crippen LogP contribution in [0.1, 0.15) is 36.7 Å². The van der Waals surface area contributed by atoms with Crippen molar-refractivity contribution in [3.63, 3.8) is 0 Å². The first-order valence-corrected chi connectivity index (χ1v) is 4.81. The summed E-state index contributed by atoms with van der Waals surface area (Å²) in [5.74, 6) is -0.268. The van der Waals surface area contributed by atoms with Crippen LogP contribution >= 0.6 is 0 Å². The third-order valence-electron chi connectivity index (χ3n) is 2.33. The Morgan fingerprint density at radius 3 is 2.20 bits per heavy atom. The molecule has 0 radical (unpaired) electrons. The highest BCUT2D eigenvalue weighted by molar-refractivity contribution is 6.02. The van der Waals surface area contributed by atoms with Crippen molar-refractivity contribution >= 4 is 5.78 Å². The Labute approximate surface area is 89.4 Å². The van der Waals surface area contributed by atoms with Gasteiger partial charge in [0.2, 0.25) is 0 Å². The van der Waals surface area contributed by atoms with Crippen molar-refractivity contribution < 1.29 is 15.0 Å². The lowest BCUT2D eigenvalue weighted by molar-refractivity contribution is 0.0855. The minimum absolute atomic E-state index is 0.00189. The standard InChI is InChI=1S/C12H16O3/c1-7-9(13)6-5-8(10(7)14)11(15)12(2,3)4/h5-6,13-14H,1-4H3. The molecule has 1 aromatic carbocycles. The molecule has 0 fully saturated rings. The number of phenols is 2. The lowest BCUT2D eigenvalue weighted by Crippen LogP contribution is -2.20. The van der Waals surface area contributed by atoms with E-state index >= 15 is 0 Å². The maximum absolute atomic E-state index is 11.9. The SMILES string of the molecule is Cc1c(O)ccc(C(=O)C(C)(C)C)c1O. The summed E-state index contributed by atoms with van der Waals surface area (Å²) in [4.78, 5) is 11.9. The van der Waals surface area contributed by atoms with Crippen LogP contribution in [0.25, 0.3) is 0 Å². The van der Waals surface area contributed by atoms with Gasteiger partial charge in [-0.2, -0.15) is 0 Å². The summed E-state index contributed by atoms with van der Waals surface area (Å²) in [6.07, 6.45) is 0. The third kappa shape index (κ3) is 2.12. The van der Waals surface area contributed by atoms with Gasteiger partial charge in [0.05, 0.1) is 5.56 Å². The monoisotopic (exact) mass is 208 g/mol. The number of ketones is 1. The summed E-state index contributed by atoms with van der Waals surface area (Å²) in [5, 5.41) is 19.1. The van der Waals surface area contributed by atoms with E-state index in [1.807, 2.05) is 0 Å². The summed E-state index contributed by atoms with van der Waals surface area (Å²) < 4.78 is 0. The predicted octanol–water partition coefficient (Wildman–Crippen LogP) is 2.64. The van der Waals surface area contributed by atoms with Crippen molar-refractivity contribution in [3.8, 4) is 11.5 Å². The quantitative estimate of drug-likeness (QED) is 0.697. The minimum Gasteiger partial charge on any atom is -0.508 e. The number of carbonyl (C=O) groups is 1. The van der Waals surface area contributed by atoms with Crippen molar-refractivity contribution in [3.05, 3.63) is 23.3 Å². The van der Waals surface area contributed by atoms with E-state index in [9.17, 15) is 15.0 Å². The van der Waals surface area contributed by atoms with Gasteiger partial charge in [-0.05, 0) is 19.1 Å². The van der Waals surface area contributed by atoms with Crippen LogP contribution in [0.4, 0.5) is 0 Å². The first-order chi connectivity index (χ1) is 6.75. The molecule has 0 aliphatic carbocycles. The van der Waals surface area contributed by atoms with Crippen molar-refractivity contribution in [1.82, 2.24) is 0 Å². The molecule has 0 aromatic heterocycles. The van der Waals surface area contributed by atoms with Crippen molar-refractivity contribution in [2.24, 2.45) is 5.41 Å². The van der Waals surface area contributed by atoms with Crippen LogP contribution in [-0.4, -0.2) is 16.0 Å². The topological polar surface area (TPSA) is 57.5 Å². The van der Waals surface area contributed by atoms with E-state index in [4.69, 9.17) is 0 Å². The zero-order valence-electron chi connectivity index (χ0n) is 9.46. The fraction of sp³-hybridized carbons (Fsp3) is 0.417. The van der Waals surface area contributed by atoms with Crippen LogP contribution in [0.15, 0.2) is 12.1 Å². The summed E-state index contributed by atoms with van der Waals surface area (Å²) >= 11 is 0. The first kappa shape index (κ1) is 11.6. The van der Waals surface area contributed by atoms with Gasteiger partial charge in [-0.1, -0.05) is 20.8 Å². The largest absolute Gasteiger partial charge is 0.508 e. The molecule has 0 amide bonds. The molecule has 2 N–H and O–H groups in total. The molecule has 1 aromatic rings. The van der Waals surface area contributed by atoms with Crippen molar-refractivity contribution in [2.45, 2.75) is 27.7 Å². The van der Waals surface area contributed by atoms with Crippen LogP contribution < -0.4 is 0 Å². The summed E-state index contributed by atoms with van der Waals surface area (Å²) in [6, 6.07) is 2.87. The van der Waals surface area contributed by atoms with Gasteiger partial charge < -0.3 is 10.2 Å².